The fourth-order valence-corrected chi connectivity index (χ4v) is 1.16. The lowest BCUT2D eigenvalue weighted by atomic mass is 10.1. The van der Waals surface area contributed by atoms with E-state index in [1.54, 1.807) is 13.8 Å². The van der Waals surface area contributed by atoms with Crippen molar-refractivity contribution in [3.8, 4) is 0 Å². The third-order valence-corrected chi connectivity index (χ3v) is 1.97. The van der Waals surface area contributed by atoms with Crippen LogP contribution < -0.4 is 5.73 Å². The fraction of sp³-hybridized carbons (Fsp3) is 0.875. The normalized spacial score (nSPS) is 22.7. The van der Waals surface area contributed by atoms with Crippen LogP contribution in [0.4, 0.5) is 0 Å². The second-order valence-corrected chi connectivity index (χ2v) is 2.94. The van der Waals surface area contributed by atoms with Gasteiger partial charge in [-0.2, -0.15) is 0 Å². The Kier molecular flexibility index (Phi) is 3.24. The van der Waals surface area contributed by atoms with Crippen LogP contribution in [-0.2, 0) is 19.0 Å². The Morgan fingerprint density at radius 2 is 2.15 bits per heavy atom. The first-order valence-corrected chi connectivity index (χ1v) is 4.30. The molecule has 0 aromatic heterocycles. The Morgan fingerprint density at radius 3 is 2.62 bits per heavy atom. The highest BCUT2D eigenvalue weighted by Crippen LogP contribution is 2.22. The Balaban J connectivity index is 2.54. The number of rotatable bonds is 3. The largest absolute Gasteiger partial charge is 0.465 e. The van der Waals surface area contributed by atoms with Gasteiger partial charge in [-0.05, 0) is 13.8 Å². The lowest BCUT2D eigenvalue weighted by molar-refractivity contribution is -0.182. The summed E-state index contributed by atoms with van der Waals surface area (Å²) in [5, 5.41) is 0. The average molecular weight is 189 g/mol. The van der Waals surface area contributed by atoms with E-state index in [9.17, 15) is 4.79 Å². The zero-order chi connectivity index (χ0) is 9.90. The summed E-state index contributed by atoms with van der Waals surface area (Å²) in [4.78, 5) is 11.2. The van der Waals surface area contributed by atoms with E-state index in [1.807, 2.05) is 0 Å². The molecule has 0 amide bonds. The molecule has 5 nitrogen and oxygen atoms in total. The van der Waals surface area contributed by atoms with Crippen molar-refractivity contribution >= 4 is 5.97 Å². The molecule has 0 bridgehead atoms. The van der Waals surface area contributed by atoms with Gasteiger partial charge in [0.15, 0.2) is 11.8 Å². The number of ether oxygens (including phenoxy) is 3. The van der Waals surface area contributed by atoms with Crippen molar-refractivity contribution in [3.05, 3.63) is 0 Å². The van der Waals surface area contributed by atoms with Crippen LogP contribution in [0.15, 0.2) is 0 Å². The maximum Gasteiger partial charge on any atom is 0.328 e. The summed E-state index contributed by atoms with van der Waals surface area (Å²) in [5.74, 6) is -1.52. The van der Waals surface area contributed by atoms with Gasteiger partial charge in [0.25, 0.3) is 0 Å². The molecule has 76 valence electrons. The van der Waals surface area contributed by atoms with Gasteiger partial charge in [0, 0.05) is 0 Å². The van der Waals surface area contributed by atoms with Gasteiger partial charge in [-0.1, -0.05) is 0 Å². The molecular weight excluding hydrogens is 174 g/mol. The molecule has 2 N–H and O–H groups in total. The van der Waals surface area contributed by atoms with Crippen LogP contribution in [0.25, 0.3) is 0 Å². The van der Waals surface area contributed by atoms with Crippen LogP contribution >= 0.6 is 0 Å². The summed E-state index contributed by atoms with van der Waals surface area (Å²) in [6.45, 7) is 4.60. The molecule has 0 aromatic rings. The van der Waals surface area contributed by atoms with Gasteiger partial charge in [0.05, 0.1) is 19.8 Å². The van der Waals surface area contributed by atoms with Crippen LogP contribution in [0, 0.1) is 0 Å². The molecule has 0 spiro atoms. The van der Waals surface area contributed by atoms with Gasteiger partial charge < -0.3 is 19.9 Å². The molecule has 1 aliphatic heterocycles. The Labute approximate surface area is 77.1 Å². The summed E-state index contributed by atoms with van der Waals surface area (Å²) in [6.07, 6.45) is 0. The highest BCUT2D eigenvalue weighted by molar-refractivity contribution is 5.76. The molecule has 1 aliphatic rings. The average Bonchev–Trinajstić information content (AvgIpc) is 2.52. The van der Waals surface area contributed by atoms with E-state index in [0.29, 0.717) is 19.8 Å². The van der Waals surface area contributed by atoms with Crippen molar-refractivity contribution in [1.29, 1.82) is 0 Å². The van der Waals surface area contributed by atoms with E-state index >= 15 is 0 Å². The summed E-state index contributed by atoms with van der Waals surface area (Å²) in [7, 11) is 0. The number of carbonyl (C=O) groups is 1. The van der Waals surface area contributed by atoms with E-state index in [2.05, 4.69) is 0 Å². The van der Waals surface area contributed by atoms with E-state index in [4.69, 9.17) is 19.9 Å². The van der Waals surface area contributed by atoms with Gasteiger partial charge in [-0.25, -0.2) is 0 Å². The number of hydrogen-bond donors (Lipinski definition) is 1. The molecule has 13 heavy (non-hydrogen) atoms. The van der Waals surface area contributed by atoms with E-state index in [0.717, 1.165) is 0 Å². The first-order valence-electron chi connectivity index (χ1n) is 4.30. The van der Waals surface area contributed by atoms with Gasteiger partial charge in [-0.3, -0.25) is 4.79 Å². The number of hydrogen-bond acceptors (Lipinski definition) is 5. The monoisotopic (exact) mass is 189 g/mol. The smallest absolute Gasteiger partial charge is 0.328 e. The zero-order valence-corrected chi connectivity index (χ0v) is 7.91. The van der Waals surface area contributed by atoms with Crippen LogP contribution in [0.5, 0.6) is 0 Å². The Hall–Kier alpha value is -0.650. The third-order valence-electron chi connectivity index (χ3n) is 1.97. The summed E-state index contributed by atoms with van der Waals surface area (Å²) in [6, 6.07) is -0.880. The van der Waals surface area contributed by atoms with Gasteiger partial charge in [-0.15, -0.1) is 0 Å². The van der Waals surface area contributed by atoms with Crippen molar-refractivity contribution in [1.82, 2.24) is 0 Å². The summed E-state index contributed by atoms with van der Waals surface area (Å²) >= 11 is 0. The highest BCUT2D eigenvalue weighted by atomic mass is 16.7. The first-order chi connectivity index (χ1) is 6.10. The minimum absolute atomic E-state index is 0.308. The minimum Gasteiger partial charge on any atom is -0.465 e. The highest BCUT2D eigenvalue weighted by Gasteiger charge is 2.42. The molecule has 0 radical (unpaired) electrons. The van der Waals surface area contributed by atoms with E-state index in [1.165, 1.54) is 0 Å². The van der Waals surface area contributed by atoms with Crippen LogP contribution in [0.1, 0.15) is 13.8 Å². The predicted molar refractivity (Wildman–Crippen MR) is 44.9 cm³/mol. The maximum absolute atomic E-state index is 11.2. The SMILES string of the molecule is CCOC(=O)C(N)C1(C)OCCO1. The van der Waals surface area contributed by atoms with Gasteiger partial charge >= 0.3 is 5.97 Å². The van der Waals surface area contributed by atoms with Crippen molar-refractivity contribution < 1.29 is 19.0 Å². The summed E-state index contributed by atoms with van der Waals surface area (Å²) < 4.78 is 15.2. The molecule has 0 aromatic carbocycles. The van der Waals surface area contributed by atoms with Gasteiger partial charge in [0.2, 0.25) is 0 Å². The Morgan fingerprint density at radius 1 is 1.62 bits per heavy atom. The zero-order valence-electron chi connectivity index (χ0n) is 7.91. The van der Waals surface area contributed by atoms with E-state index < -0.39 is 17.8 Å². The topological polar surface area (TPSA) is 70.8 Å². The molecule has 1 atom stereocenters. The maximum atomic E-state index is 11.2. The standard InChI is InChI=1S/C8H15NO4/c1-3-11-7(10)6(9)8(2)12-4-5-13-8/h6H,3-5,9H2,1-2H3. The van der Waals surface area contributed by atoms with Crippen molar-refractivity contribution in [2.24, 2.45) is 5.73 Å². The molecule has 1 unspecified atom stereocenters. The second-order valence-electron chi connectivity index (χ2n) is 2.94. The molecule has 5 heteroatoms. The molecule has 1 saturated heterocycles. The molecule has 1 fully saturated rings. The second kappa shape index (κ2) is 4.04. The number of carbonyl (C=O) groups excluding carboxylic acids is 1. The van der Waals surface area contributed by atoms with Gasteiger partial charge in [0.1, 0.15) is 0 Å². The van der Waals surface area contributed by atoms with Crippen molar-refractivity contribution in [3.63, 3.8) is 0 Å². The number of esters is 1. The van der Waals surface area contributed by atoms with Crippen molar-refractivity contribution in [2.45, 2.75) is 25.7 Å². The lowest BCUT2D eigenvalue weighted by Gasteiger charge is -2.27. The Bertz CT molecular complexity index is 189. The molecule has 0 aliphatic carbocycles. The minimum atomic E-state index is -1.02. The molecule has 1 rings (SSSR count). The lowest BCUT2D eigenvalue weighted by Crippen LogP contribution is -2.52. The van der Waals surface area contributed by atoms with Crippen LogP contribution in [-0.4, -0.2) is 37.6 Å². The fourth-order valence-electron chi connectivity index (χ4n) is 1.16. The van der Waals surface area contributed by atoms with Crippen LogP contribution in [0.2, 0.25) is 0 Å². The molecule has 0 saturated carbocycles. The van der Waals surface area contributed by atoms with E-state index in [-0.39, 0.29) is 0 Å². The van der Waals surface area contributed by atoms with Crippen LogP contribution in [0.3, 0.4) is 0 Å². The first kappa shape index (κ1) is 10.4. The third kappa shape index (κ3) is 2.18. The van der Waals surface area contributed by atoms with Crippen molar-refractivity contribution in [2.75, 3.05) is 19.8 Å². The predicted octanol–water partition coefficient (Wildman–Crippen LogP) is -0.360. The molecule has 1 heterocycles. The number of nitrogens with two attached hydrogens (primary N) is 1. The molecular formula is C8H15NO4. The summed E-state index contributed by atoms with van der Waals surface area (Å²) in [5.41, 5.74) is 5.62. The quantitative estimate of drug-likeness (QED) is 0.614.